The Bertz CT molecular complexity index is 493. The molecular formula is C15H23N3O3. The summed E-state index contributed by atoms with van der Waals surface area (Å²) in [6.07, 6.45) is 4.21. The van der Waals surface area contributed by atoms with Crippen molar-refractivity contribution < 1.29 is 10.0 Å². The fraction of sp³-hybridized carbons (Fsp3) is 0.600. The molecule has 0 aliphatic carbocycles. The van der Waals surface area contributed by atoms with Crippen molar-refractivity contribution in [3.05, 3.63) is 28.3 Å². The molecule has 1 aliphatic heterocycles. The summed E-state index contributed by atoms with van der Waals surface area (Å²) in [7, 11) is 0. The van der Waals surface area contributed by atoms with Crippen LogP contribution < -0.4 is 10.2 Å². The number of nitro benzene ring substituents is 1. The molecule has 1 aromatic rings. The van der Waals surface area contributed by atoms with Crippen LogP contribution in [-0.4, -0.2) is 35.8 Å². The van der Waals surface area contributed by atoms with Crippen molar-refractivity contribution in [3.63, 3.8) is 0 Å². The molecule has 1 saturated heterocycles. The SMILES string of the molecule is CCNc1cc(N2CCCCCC2CO)cc([N+](=O)[O-])c1. The molecule has 0 saturated carbocycles. The van der Waals surface area contributed by atoms with Gasteiger partial charge in [-0.05, 0) is 25.8 Å². The minimum absolute atomic E-state index is 0.0454. The number of rotatable bonds is 5. The number of hydrogen-bond acceptors (Lipinski definition) is 5. The average molecular weight is 293 g/mol. The number of nitrogens with zero attached hydrogens (tertiary/aromatic N) is 2. The van der Waals surface area contributed by atoms with E-state index in [1.54, 1.807) is 12.1 Å². The van der Waals surface area contributed by atoms with Crippen molar-refractivity contribution in [2.24, 2.45) is 0 Å². The van der Waals surface area contributed by atoms with E-state index in [0.717, 1.165) is 43.6 Å². The Kier molecular flexibility index (Phi) is 5.38. The van der Waals surface area contributed by atoms with Crippen molar-refractivity contribution in [3.8, 4) is 0 Å². The van der Waals surface area contributed by atoms with Crippen LogP contribution in [0.4, 0.5) is 17.1 Å². The molecule has 6 nitrogen and oxygen atoms in total. The molecule has 1 aliphatic rings. The number of hydrogen-bond donors (Lipinski definition) is 2. The third-order valence-corrected chi connectivity index (χ3v) is 3.91. The zero-order valence-electron chi connectivity index (χ0n) is 12.4. The van der Waals surface area contributed by atoms with Gasteiger partial charge in [0, 0.05) is 36.6 Å². The highest BCUT2D eigenvalue weighted by Gasteiger charge is 2.22. The molecule has 2 rings (SSSR count). The summed E-state index contributed by atoms with van der Waals surface area (Å²) in [4.78, 5) is 12.9. The lowest BCUT2D eigenvalue weighted by molar-refractivity contribution is -0.384. The van der Waals surface area contributed by atoms with E-state index >= 15 is 0 Å². The van der Waals surface area contributed by atoms with Gasteiger partial charge >= 0.3 is 0 Å². The maximum atomic E-state index is 11.1. The molecule has 2 N–H and O–H groups in total. The van der Waals surface area contributed by atoms with Gasteiger partial charge in [-0.15, -0.1) is 0 Å². The molecule has 0 bridgehead atoms. The second-order valence-electron chi connectivity index (χ2n) is 5.40. The minimum atomic E-state index is -0.365. The van der Waals surface area contributed by atoms with Crippen molar-refractivity contribution in [1.82, 2.24) is 0 Å². The zero-order valence-corrected chi connectivity index (χ0v) is 12.4. The molecule has 1 unspecified atom stereocenters. The summed E-state index contributed by atoms with van der Waals surface area (Å²) in [5.74, 6) is 0. The maximum absolute atomic E-state index is 11.1. The van der Waals surface area contributed by atoms with E-state index in [9.17, 15) is 15.2 Å². The van der Waals surface area contributed by atoms with Gasteiger partial charge in [-0.3, -0.25) is 10.1 Å². The fourth-order valence-corrected chi connectivity index (χ4v) is 2.88. The molecule has 0 radical (unpaired) electrons. The van der Waals surface area contributed by atoms with Gasteiger partial charge in [0.05, 0.1) is 17.6 Å². The first-order valence-corrected chi connectivity index (χ1v) is 7.56. The van der Waals surface area contributed by atoms with E-state index in [1.165, 1.54) is 0 Å². The first kappa shape index (κ1) is 15.6. The van der Waals surface area contributed by atoms with Gasteiger partial charge in [0.25, 0.3) is 5.69 Å². The molecule has 6 heteroatoms. The van der Waals surface area contributed by atoms with Crippen molar-refractivity contribution in [2.75, 3.05) is 29.9 Å². The van der Waals surface area contributed by atoms with Crippen molar-refractivity contribution in [2.45, 2.75) is 38.6 Å². The number of non-ortho nitro benzene ring substituents is 1. The minimum Gasteiger partial charge on any atom is -0.394 e. The molecule has 1 heterocycles. The van der Waals surface area contributed by atoms with Crippen LogP contribution in [0.25, 0.3) is 0 Å². The Balaban J connectivity index is 2.37. The van der Waals surface area contributed by atoms with E-state index in [2.05, 4.69) is 10.2 Å². The number of nitro groups is 1. The summed E-state index contributed by atoms with van der Waals surface area (Å²) >= 11 is 0. The largest absolute Gasteiger partial charge is 0.394 e. The van der Waals surface area contributed by atoms with Crippen LogP contribution in [0, 0.1) is 10.1 Å². The Labute approximate surface area is 124 Å². The van der Waals surface area contributed by atoms with Gasteiger partial charge in [-0.2, -0.15) is 0 Å². The quantitative estimate of drug-likeness (QED) is 0.644. The van der Waals surface area contributed by atoms with E-state index < -0.39 is 0 Å². The number of nitrogens with one attached hydrogen (secondary N) is 1. The first-order valence-electron chi connectivity index (χ1n) is 7.56. The van der Waals surface area contributed by atoms with E-state index in [1.807, 2.05) is 13.0 Å². The van der Waals surface area contributed by atoms with Crippen LogP contribution in [0.15, 0.2) is 18.2 Å². The molecule has 0 amide bonds. The van der Waals surface area contributed by atoms with Gasteiger partial charge in [-0.1, -0.05) is 12.8 Å². The Morgan fingerprint density at radius 1 is 1.38 bits per heavy atom. The number of anilines is 2. The molecule has 1 aromatic carbocycles. The molecular weight excluding hydrogens is 270 g/mol. The van der Waals surface area contributed by atoms with Crippen molar-refractivity contribution in [1.29, 1.82) is 0 Å². The molecule has 1 atom stereocenters. The van der Waals surface area contributed by atoms with E-state index in [-0.39, 0.29) is 23.3 Å². The van der Waals surface area contributed by atoms with Crippen LogP contribution in [0.3, 0.4) is 0 Å². The zero-order chi connectivity index (χ0) is 15.2. The Morgan fingerprint density at radius 3 is 2.86 bits per heavy atom. The van der Waals surface area contributed by atoms with Gasteiger partial charge < -0.3 is 15.3 Å². The van der Waals surface area contributed by atoms with Gasteiger partial charge in [0.1, 0.15) is 0 Å². The van der Waals surface area contributed by atoms with Gasteiger partial charge in [-0.25, -0.2) is 0 Å². The summed E-state index contributed by atoms with van der Waals surface area (Å²) in [5.41, 5.74) is 1.66. The summed E-state index contributed by atoms with van der Waals surface area (Å²) in [6.45, 7) is 3.59. The van der Waals surface area contributed by atoms with Crippen LogP contribution in [-0.2, 0) is 0 Å². The molecule has 0 aromatic heterocycles. The lowest BCUT2D eigenvalue weighted by atomic mass is 10.1. The maximum Gasteiger partial charge on any atom is 0.273 e. The predicted molar refractivity (Wildman–Crippen MR) is 83.9 cm³/mol. The van der Waals surface area contributed by atoms with Crippen LogP contribution in [0.1, 0.15) is 32.6 Å². The fourth-order valence-electron chi connectivity index (χ4n) is 2.88. The average Bonchev–Trinajstić information content (AvgIpc) is 2.72. The Hall–Kier alpha value is -1.82. The van der Waals surface area contributed by atoms with Crippen LogP contribution in [0.2, 0.25) is 0 Å². The molecule has 0 spiro atoms. The second kappa shape index (κ2) is 7.26. The first-order chi connectivity index (χ1) is 10.2. The normalized spacial score (nSPS) is 19.1. The number of aliphatic hydroxyl groups is 1. The molecule has 116 valence electrons. The highest BCUT2D eigenvalue weighted by atomic mass is 16.6. The predicted octanol–water partition coefficient (Wildman–Crippen LogP) is 2.77. The van der Waals surface area contributed by atoms with E-state index in [0.29, 0.717) is 6.54 Å². The standard InChI is InChI=1S/C15H23N3O3/c1-2-16-12-8-14(10-15(9-12)18(20)21)17-7-5-3-4-6-13(17)11-19/h8-10,13,16,19H,2-7,11H2,1H3. The van der Waals surface area contributed by atoms with Crippen molar-refractivity contribution >= 4 is 17.1 Å². The highest BCUT2D eigenvalue weighted by molar-refractivity contribution is 5.65. The van der Waals surface area contributed by atoms with E-state index in [4.69, 9.17) is 0 Å². The molecule has 1 fully saturated rings. The third-order valence-electron chi connectivity index (χ3n) is 3.91. The number of benzene rings is 1. The summed E-state index contributed by atoms with van der Waals surface area (Å²) < 4.78 is 0. The summed E-state index contributed by atoms with van der Waals surface area (Å²) in [6, 6.07) is 5.14. The van der Waals surface area contributed by atoms with Crippen LogP contribution in [0.5, 0.6) is 0 Å². The van der Waals surface area contributed by atoms with Gasteiger partial charge in [0.2, 0.25) is 0 Å². The topological polar surface area (TPSA) is 78.6 Å². The molecule has 21 heavy (non-hydrogen) atoms. The summed E-state index contributed by atoms with van der Waals surface area (Å²) in [5, 5.41) is 23.9. The second-order valence-corrected chi connectivity index (χ2v) is 5.40. The smallest absolute Gasteiger partial charge is 0.273 e. The lowest BCUT2D eigenvalue weighted by Gasteiger charge is -2.31. The Morgan fingerprint density at radius 2 is 2.19 bits per heavy atom. The lowest BCUT2D eigenvalue weighted by Crippen LogP contribution is -2.37. The van der Waals surface area contributed by atoms with Gasteiger partial charge in [0.15, 0.2) is 0 Å². The van der Waals surface area contributed by atoms with Crippen LogP contribution >= 0.6 is 0 Å². The number of aliphatic hydroxyl groups excluding tert-OH is 1. The highest BCUT2D eigenvalue weighted by Crippen LogP contribution is 2.30. The monoisotopic (exact) mass is 293 g/mol. The third kappa shape index (κ3) is 3.85.